The molecule has 0 saturated heterocycles. The second-order valence-corrected chi connectivity index (χ2v) is 4.08. The lowest BCUT2D eigenvalue weighted by atomic mass is 10.2. The molecule has 0 aromatic carbocycles. The summed E-state index contributed by atoms with van der Waals surface area (Å²) < 4.78 is 46.6. The molecule has 20 heavy (non-hydrogen) atoms. The van der Waals surface area contributed by atoms with Gasteiger partial charge in [0.15, 0.2) is 5.82 Å². The molecule has 0 aliphatic heterocycles. The third-order valence-electron chi connectivity index (χ3n) is 2.33. The Balaban J connectivity index is 1.95. The van der Waals surface area contributed by atoms with Gasteiger partial charge in [0.05, 0.1) is 6.20 Å². The van der Waals surface area contributed by atoms with Crippen molar-refractivity contribution >= 4 is 0 Å². The molecule has 0 aliphatic carbocycles. The van der Waals surface area contributed by atoms with Gasteiger partial charge in [-0.25, -0.2) is 0 Å². The van der Waals surface area contributed by atoms with Crippen molar-refractivity contribution in [3.63, 3.8) is 0 Å². The summed E-state index contributed by atoms with van der Waals surface area (Å²) >= 11 is 0. The van der Waals surface area contributed by atoms with Crippen LogP contribution in [-0.2, 0) is 18.4 Å². The first kappa shape index (κ1) is 14.5. The lowest BCUT2D eigenvalue weighted by Crippen LogP contribution is -2.17. The van der Waals surface area contributed by atoms with Gasteiger partial charge < -0.3 is 15.0 Å². The second-order valence-electron chi connectivity index (χ2n) is 4.08. The Morgan fingerprint density at radius 2 is 2.25 bits per heavy atom. The van der Waals surface area contributed by atoms with Gasteiger partial charge in [-0.2, -0.15) is 23.3 Å². The molecule has 0 bridgehead atoms. The van der Waals surface area contributed by atoms with E-state index in [0.29, 0.717) is 5.56 Å². The van der Waals surface area contributed by atoms with Crippen LogP contribution in [0.1, 0.15) is 23.3 Å². The molecule has 7 nitrogen and oxygen atoms in total. The summed E-state index contributed by atoms with van der Waals surface area (Å²) in [6.07, 6.45) is -1.18. The number of aryl methyl sites for hydroxylation is 1. The van der Waals surface area contributed by atoms with E-state index < -0.39 is 25.4 Å². The van der Waals surface area contributed by atoms with E-state index in [0.717, 1.165) is 0 Å². The largest absolute Gasteiger partial charge is 0.411 e. The number of rotatable bonds is 5. The number of nitrogens with zero attached hydrogens (tertiary/aromatic N) is 4. The van der Waals surface area contributed by atoms with E-state index in [1.165, 1.54) is 6.20 Å². The predicted molar refractivity (Wildman–Crippen MR) is 59.2 cm³/mol. The molecule has 0 radical (unpaired) electrons. The first-order chi connectivity index (χ1) is 9.35. The van der Waals surface area contributed by atoms with Crippen molar-refractivity contribution in [2.45, 2.75) is 18.8 Å². The van der Waals surface area contributed by atoms with E-state index in [1.807, 2.05) is 0 Å². The number of hydrogen-bond acceptors (Lipinski definition) is 6. The minimum Gasteiger partial charge on any atom is -0.364 e. The van der Waals surface area contributed by atoms with Gasteiger partial charge in [-0.1, -0.05) is 5.16 Å². The Hall–Kier alpha value is -1.94. The second kappa shape index (κ2) is 5.59. The quantitative estimate of drug-likeness (QED) is 0.881. The molecule has 0 amide bonds. The van der Waals surface area contributed by atoms with Crippen molar-refractivity contribution in [2.24, 2.45) is 12.8 Å². The molecule has 1 unspecified atom stereocenters. The van der Waals surface area contributed by atoms with E-state index in [9.17, 15) is 13.2 Å². The molecule has 10 heteroatoms. The van der Waals surface area contributed by atoms with E-state index in [1.54, 1.807) is 17.9 Å². The highest BCUT2D eigenvalue weighted by atomic mass is 19.4. The summed E-state index contributed by atoms with van der Waals surface area (Å²) in [6, 6.07) is -0.687. The van der Waals surface area contributed by atoms with Crippen LogP contribution in [0.2, 0.25) is 0 Å². The molecule has 0 spiro atoms. The fourth-order valence-corrected chi connectivity index (χ4v) is 1.45. The minimum atomic E-state index is -4.39. The maximum Gasteiger partial charge on any atom is 0.411 e. The Morgan fingerprint density at radius 3 is 2.85 bits per heavy atom. The first-order valence-electron chi connectivity index (χ1n) is 5.56. The van der Waals surface area contributed by atoms with Gasteiger partial charge >= 0.3 is 6.18 Å². The van der Waals surface area contributed by atoms with Gasteiger partial charge in [-0.05, 0) is 0 Å². The SMILES string of the molecule is Cn1cc(C(N)c2nc(COCC(F)(F)F)no2)cn1. The van der Waals surface area contributed by atoms with Crippen LogP contribution < -0.4 is 5.73 Å². The number of aromatic nitrogens is 4. The molecule has 2 heterocycles. The summed E-state index contributed by atoms with van der Waals surface area (Å²) in [5.74, 6) is 0.0900. The molecule has 2 N–H and O–H groups in total. The first-order valence-corrected chi connectivity index (χ1v) is 5.56. The Kier molecular flexibility index (Phi) is 4.04. The number of nitrogens with two attached hydrogens (primary N) is 1. The molecular formula is C10H12F3N5O2. The number of hydrogen-bond donors (Lipinski definition) is 1. The highest BCUT2D eigenvalue weighted by Gasteiger charge is 2.28. The molecule has 2 rings (SSSR count). The van der Waals surface area contributed by atoms with Gasteiger partial charge in [0.2, 0.25) is 5.89 Å². The number of ether oxygens (including phenoxy) is 1. The molecule has 2 aromatic heterocycles. The van der Waals surface area contributed by atoms with Crippen LogP contribution in [0.4, 0.5) is 13.2 Å². The van der Waals surface area contributed by atoms with Crippen LogP contribution >= 0.6 is 0 Å². The highest BCUT2D eigenvalue weighted by molar-refractivity contribution is 5.16. The topological polar surface area (TPSA) is 92.0 Å². The minimum absolute atomic E-state index is 0.00332. The average molecular weight is 291 g/mol. The Labute approximate surface area is 111 Å². The summed E-state index contributed by atoms with van der Waals surface area (Å²) in [6.45, 7) is -1.77. The van der Waals surface area contributed by atoms with Crippen LogP contribution in [0.3, 0.4) is 0 Å². The van der Waals surface area contributed by atoms with Gasteiger partial charge in [0, 0.05) is 18.8 Å². The molecular weight excluding hydrogens is 279 g/mol. The highest BCUT2D eigenvalue weighted by Crippen LogP contribution is 2.18. The zero-order valence-corrected chi connectivity index (χ0v) is 10.5. The predicted octanol–water partition coefficient (Wildman–Crippen LogP) is 0.930. The molecule has 0 fully saturated rings. The molecule has 0 aliphatic rings. The molecule has 110 valence electrons. The normalized spacial score (nSPS) is 13.7. The summed E-state index contributed by atoms with van der Waals surface area (Å²) in [4.78, 5) is 3.88. The Bertz CT molecular complexity index is 565. The number of alkyl halides is 3. The van der Waals surface area contributed by atoms with Crippen LogP contribution in [0, 0.1) is 0 Å². The fraction of sp³-hybridized carbons (Fsp3) is 0.500. The van der Waals surface area contributed by atoms with Crippen molar-refractivity contribution in [3.05, 3.63) is 29.7 Å². The van der Waals surface area contributed by atoms with Crippen molar-refractivity contribution in [1.29, 1.82) is 0 Å². The summed E-state index contributed by atoms with van der Waals surface area (Å²) in [7, 11) is 1.72. The molecule has 0 saturated carbocycles. The van der Waals surface area contributed by atoms with Gasteiger partial charge in [0.25, 0.3) is 0 Å². The third kappa shape index (κ3) is 3.78. The van der Waals surface area contributed by atoms with Crippen LogP contribution in [0.15, 0.2) is 16.9 Å². The third-order valence-corrected chi connectivity index (χ3v) is 2.33. The monoisotopic (exact) mass is 291 g/mol. The summed E-state index contributed by atoms with van der Waals surface area (Å²) in [5.41, 5.74) is 6.52. The fourth-order valence-electron chi connectivity index (χ4n) is 1.45. The molecule has 2 aromatic rings. The Morgan fingerprint density at radius 1 is 1.50 bits per heavy atom. The lowest BCUT2D eigenvalue weighted by molar-refractivity contribution is -0.177. The van der Waals surface area contributed by atoms with Crippen LogP contribution in [0.5, 0.6) is 0 Å². The average Bonchev–Trinajstić information content (AvgIpc) is 2.96. The van der Waals surface area contributed by atoms with E-state index in [2.05, 4.69) is 20.0 Å². The van der Waals surface area contributed by atoms with Crippen molar-refractivity contribution in [2.75, 3.05) is 6.61 Å². The van der Waals surface area contributed by atoms with E-state index in [4.69, 9.17) is 10.3 Å². The van der Waals surface area contributed by atoms with Gasteiger partial charge in [0.1, 0.15) is 19.3 Å². The van der Waals surface area contributed by atoms with Crippen molar-refractivity contribution < 1.29 is 22.4 Å². The van der Waals surface area contributed by atoms with Crippen molar-refractivity contribution in [1.82, 2.24) is 19.9 Å². The van der Waals surface area contributed by atoms with Crippen LogP contribution in [-0.4, -0.2) is 32.7 Å². The smallest absolute Gasteiger partial charge is 0.364 e. The maximum absolute atomic E-state index is 11.9. The zero-order chi connectivity index (χ0) is 14.8. The standard InChI is InChI=1S/C10H12F3N5O2/c1-18-3-6(2-15-18)8(14)9-16-7(17-20-9)4-19-5-10(11,12)13/h2-3,8H,4-5,14H2,1H3. The van der Waals surface area contributed by atoms with Crippen molar-refractivity contribution in [3.8, 4) is 0 Å². The summed E-state index contributed by atoms with van der Waals surface area (Å²) in [5, 5.41) is 7.45. The molecule has 1 atom stereocenters. The van der Waals surface area contributed by atoms with E-state index >= 15 is 0 Å². The van der Waals surface area contributed by atoms with Gasteiger partial charge in [-0.15, -0.1) is 0 Å². The van der Waals surface area contributed by atoms with Gasteiger partial charge in [-0.3, -0.25) is 4.68 Å². The maximum atomic E-state index is 11.9. The zero-order valence-electron chi connectivity index (χ0n) is 10.5. The number of halogens is 3. The lowest BCUT2D eigenvalue weighted by Gasteiger charge is -2.04. The van der Waals surface area contributed by atoms with Crippen LogP contribution in [0.25, 0.3) is 0 Å². The van der Waals surface area contributed by atoms with E-state index in [-0.39, 0.29) is 11.7 Å².